The van der Waals surface area contributed by atoms with Crippen LogP contribution in [-0.2, 0) is 49.6 Å². The Bertz CT molecular complexity index is 6330. The second-order valence-corrected chi connectivity index (χ2v) is 39.2. The molecule has 0 saturated carbocycles. The first-order chi connectivity index (χ1) is 68.5. The molecule has 0 spiro atoms. The maximum Gasteiger partial charge on any atom is 0.276 e. The highest BCUT2D eigenvalue weighted by Gasteiger charge is 2.48. The Morgan fingerprint density at radius 3 is 1.65 bits per heavy atom. The standard InChI is InChI=1S/C54H63Cl2FN10O10S.C46H48Cl2FN9O8/c1-29-23-65(52(73)35-12-14-36(15-13-35)61-50(71)40-21-42(49(58)64-63-40)77-32(4)45-38(55)16-17-39(57)46(45)56)24-30(2)67(29)44(70)27-76-19-18-75-26-43(69)62-48(54(5,6)7)53(74)66-25-37(68)20-41(66)51(72)59-22-33-8-10-34(11-9-33)47-31(3)60-28-78-47;1-24-22-56(44(63)27-12-14-28(15-13-27)52-42(61)33-21-35(41(50)55-54-33)66-26(3)38-30(47)16-17-31(49)40(38)48)23-25(2)57(24)37(60)11-6-4-5-7-20-51-32-10-8-9-29-39(32)46(65)58(45(29)64)34-18-19-36(59)53-43(34)62/h8-17,21,28-30,32,37,41,48,68H,18-20,22-27H2,1-7H3,(H2,58,64)(H,59,72)(H,61,71)(H,62,69);8-10,12-17,21,24-26,34,51H,4-7,11,18-20,22-23H2,1-3H3,(H2,50,55)(H,52,61)(H,53,59,62)/t29-,30+,32-,37-,41+,48?;24-,25+,26-,34?/m11/s1. The van der Waals surface area contributed by atoms with E-state index < -0.39 is 113 Å². The normalized spacial score (nSPS) is 18.5. The molecule has 0 bridgehead atoms. The molecule has 4 saturated heterocycles. The number of ether oxygens (including phenoxy) is 4. The average Bonchev–Trinajstić information content (AvgIpc) is 1.60. The minimum Gasteiger partial charge on any atom is -0.482 e. The number of piperazine rings is 2. The zero-order chi connectivity index (χ0) is 104. The highest BCUT2D eigenvalue weighted by atomic mass is 35.5. The van der Waals surface area contributed by atoms with E-state index in [0.717, 1.165) is 58.0 Å². The second kappa shape index (κ2) is 47.8. The number of piperidine rings is 1. The minimum atomic E-state index is -1.05. The van der Waals surface area contributed by atoms with Crippen molar-refractivity contribution in [2.75, 3.05) is 93.1 Å². The van der Waals surface area contributed by atoms with Crippen LogP contribution in [0, 0.1) is 24.0 Å². The summed E-state index contributed by atoms with van der Waals surface area (Å²) in [5.41, 5.74) is 18.3. The number of unbranched alkanes of at least 4 members (excludes halogenated alkanes) is 3. The number of nitrogens with one attached hydrogen (secondary N) is 6. The summed E-state index contributed by atoms with van der Waals surface area (Å²) in [6, 6.07) is 28.7. The second-order valence-electron chi connectivity index (χ2n) is 36.8. The Hall–Kier alpha value is -13.5. The molecule has 2 unspecified atom stereocenters. The largest absolute Gasteiger partial charge is 0.482 e. The number of fused-ring (bicyclic) bond motifs is 1. The Labute approximate surface area is 852 Å². The lowest BCUT2D eigenvalue weighted by Gasteiger charge is -2.44. The van der Waals surface area contributed by atoms with E-state index in [9.17, 15) is 76.2 Å². The fourth-order valence-corrected chi connectivity index (χ4v) is 20.1. The van der Waals surface area contributed by atoms with Gasteiger partial charge < -0.3 is 86.6 Å². The fourth-order valence-electron chi connectivity index (χ4n) is 17.9. The summed E-state index contributed by atoms with van der Waals surface area (Å²) < 4.78 is 51.2. The number of anilines is 5. The van der Waals surface area contributed by atoms with Crippen LogP contribution in [0.1, 0.15) is 211 Å². The van der Waals surface area contributed by atoms with Crippen LogP contribution in [-0.4, -0.2) is 251 Å². The number of carbonyl (C=O) groups is 13. The summed E-state index contributed by atoms with van der Waals surface area (Å²) in [6.07, 6.45) is 0.912. The lowest BCUT2D eigenvalue weighted by atomic mass is 9.85. The third-order valence-electron chi connectivity index (χ3n) is 25.0. The molecule has 37 nitrogen and oxygen atoms in total. The van der Waals surface area contributed by atoms with E-state index in [2.05, 4.69) is 57.3 Å². The van der Waals surface area contributed by atoms with Crippen LogP contribution >= 0.6 is 57.7 Å². The number of benzene rings is 6. The SMILES string of the molecule is C[C@@H]1CN(C(=O)c2ccc(NC(=O)c3cc(O[C@H](C)c4c(Cl)ccc(F)c4Cl)c(N)nn3)cc2)C[C@H](C)N1C(=O)CCCCCCNc1cccc2c1C(=O)N(C1CCC(=O)NC1=O)C2=O.Cc1ncsc1-c1ccc(CNC(=O)[C@@H]2C[C@@H](O)CN2C(=O)C(NC(=O)COCCOCC(=O)N2[C@H](C)CN(C(=O)c3ccc(NC(=O)c4cc(O[C@H](C)c5c(Cl)ccc(F)c5Cl)c(N)nn4)cc3)C[C@@H]2C)C(C)(C)C)cc1. The molecule has 9 aromatic rings. The van der Waals surface area contributed by atoms with E-state index in [4.69, 9.17) is 76.8 Å². The van der Waals surface area contributed by atoms with Gasteiger partial charge in [0.05, 0.1) is 56.6 Å². The number of aliphatic hydroxyl groups excluding tert-OH is 1. The van der Waals surface area contributed by atoms with Crippen molar-refractivity contribution in [2.24, 2.45) is 5.41 Å². The average molecular weight is 2080 g/mol. The quantitative estimate of drug-likeness (QED) is 0.0103. The number of hydrogen-bond acceptors (Lipinski definition) is 27. The Kier molecular flexibility index (Phi) is 35.8. The number of carbonyl (C=O) groups excluding carboxylic acids is 13. The molecule has 6 aromatic carbocycles. The number of nitrogens with two attached hydrogens (primary N) is 2. The molecule has 762 valence electrons. The van der Waals surface area contributed by atoms with Gasteiger partial charge in [0.25, 0.3) is 35.4 Å². The van der Waals surface area contributed by atoms with Crippen molar-refractivity contribution in [1.82, 2.24) is 70.7 Å². The van der Waals surface area contributed by atoms with Gasteiger partial charge in [0.1, 0.15) is 55.2 Å². The van der Waals surface area contributed by atoms with Gasteiger partial charge in [-0.3, -0.25) is 72.5 Å². The molecule has 5 aliphatic heterocycles. The number of imide groups is 2. The first kappa shape index (κ1) is 108. The molecular weight excluding hydrogens is 1970 g/mol. The van der Waals surface area contributed by atoms with Crippen molar-refractivity contribution in [3.63, 3.8) is 0 Å². The van der Waals surface area contributed by atoms with Crippen molar-refractivity contribution in [2.45, 2.75) is 188 Å². The number of nitrogen functional groups attached to an aromatic ring is 2. The Balaban J connectivity index is 0.000000245. The monoisotopic (exact) mass is 2080 g/mol. The van der Waals surface area contributed by atoms with Gasteiger partial charge in [-0.1, -0.05) is 110 Å². The number of hydrogen-bond donors (Lipinski definition) is 9. The number of nitrogens with zero attached hydrogens (tertiary/aromatic N) is 11. The van der Waals surface area contributed by atoms with E-state index in [1.54, 1.807) is 133 Å². The molecule has 4 fully saturated rings. The van der Waals surface area contributed by atoms with Crippen molar-refractivity contribution < 1.29 is 95.2 Å². The molecule has 0 radical (unpaired) electrons. The van der Waals surface area contributed by atoms with Crippen molar-refractivity contribution >= 4 is 163 Å². The van der Waals surface area contributed by atoms with E-state index in [0.29, 0.717) is 60.7 Å². The van der Waals surface area contributed by atoms with Crippen LogP contribution in [0.4, 0.5) is 37.5 Å². The molecule has 144 heavy (non-hydrogen) atoms. The number of aryl methyl sites for hydroxylation is 1. The van der Waals surface area contributed by atoms with Crippen LogP contribution < -0.4 is 52.8 Å². The van der Waals surface area contributed by atoms with Gasteiger partial charge in [0.2, 0.25) is 41.4 Å². The highest BCUT2D eigenvalue weighted by molar-refractivity contribution is 7.13. The van der Waals surface area contributed by atoms with Crippen LogP contribution in [0.5, 0.6) is 11.5 Å². The summed E-state index contributed by atoms with van der Waals surface area (Å²) in [4.78, 5) is 186. The number of rotatable bonds is 34. The molecular formula is C100H111Cl4F2N19O18S. The van der Waals surface area contributed by atoms with E-state index in [1.165, 1.54) is 29.2 Å². The maximum atomic E-state index is 14.2. The smallest absolute Gasteiger partial charge is 0.276 e. The van der Waals surface area contributed by atoms with E-state index in [-0.39, 0.29) is 190 Å². The lowest BCUT2D eigenvalue weighted by Crippen LogP contribution is -2.60. The zero-order valence-electron chi connectivity index (χ0n) is 80.5. The van der Waals surface area contributed by atoms with Gasteiger partial charge in [-0.25, -0.2) is 13.8 Å². The highest BCUT2D eigenvalue weighted by Crippen LogP contribution is 2.41. The van der Waals surface area contributed by atoms with Gasteiger partial charge in [0.15, 0.2) is 34.5 Å². The first-order valence-electron chi connectivity index (χ1n) is 46.7. The third-order valence-corrected chi connectivity index (χ3v) is 27.4. The number of β-amino-alcohol motifs (C(OH)–C–C–N with tert-alkyl or cyclic N) is 1. The van der Waals surface area contributed by atoms with Crippen LogP contribution in [0.15, 0.2) is 133 Å². The molecule has 10 atom stereocenters. The first-order valence-corrected chi connectivity index (χ1v) is 49.1. The van der Waals surface area contributed by atoms with Gasteiger partial charge in [-0.2, -0.15) is 0 Å². The molecule has 11 N–H and O–H groups in total. The van der Waals surface area contributed by atoms with E-state index >= 15 is 0 Å². The summed E-state index contributed by atoms with van der Waals surface area (Å²) in [7, 11) is 0. The summed E-state index contributed by atoms with van der Waals surface area (Å²) in [6.45, 7) is 19.1. The molecule has 0 aliphatic carbocycles. The van der Waals surface area contributed by atoms with Crippen LogP contribution in [0.25, 0.3) is 10.4 Å². The van der Waals surface area contributed by atoms with Crippen molar-refractivity contribution in [3.05, 3.63) is 221 Å². The molecule has 44 heteroatoms. The molecule has 8 heterocycles. The van der Waals surface area contributed by atoms with Gasteiger partial charge in [0, 0.05) is 151 Å². The van der Waals surface area contributed by atoms with Gasteiger partial charge >= 0.3 is 0 Å². The van der Waals surface area contributed by atoms with Gasteiger partial charge in [-0.15, -0.1) is 31.7 Å². The minimum absolute atomic E-state index is 0.00411. The molecule has 3 aromatic heterocycles. The fraction of sp³-hybridized carbons (Fsp3) is 0.400. The number of amides is 13. The summed E-state index contributed by atoms with van der Waals surface area (Å²) in [5, 5.41) is 42.4. The predicted octanol–water partition coefficient (Wildman–Crippen LogP) is 12.7. The topological polar surface area (TPSA) is 487 Å². The number of halogens is 6. The Morgan fingerprint density at radius 2 is 1.14 bits per heavy atom. The van der Waals surface area contributed by atoms with Crippen LogP contribution in [0.3, 0.4) is 0 Å². The Morgan fingerprint density at radius 1 is 0.625 bits per heavy atom. The summed E-state index contributed by atoms with van der Waals surface area (Å²) in [5.74, 6) is -7.37. The van der Waals surface area contributed by atoms with E-state index in [1.807, 2.05) is 63.8 Å². The van der Waals surface area contributed by atoms with Crippen LogP contribution in [0.2, 0.25) is 20.1 Å². The van der Waals surface area contributed by atoms with Gasteiger partial charge in [-0.05, 0) is 169 Å². The number of aromatic nitrogens is 5. The maximum absolute atomic E-state index is 14.2. The molecule has 13 amide bonds. The third kappa shape index (κ3) is 26.0. The van der Waals surface area contributed by atoms with Crippen molar-refractivity contribution in [1.29, 1.82) is 0 Å². The summed E-state index contributed by atoms with van der Waals surface area (Å²) >= 11 is 26.3. The lowest BCUT2D eigenvalue weighted by molar-refractivity contribution is -0.145. The van der Waals surface area contributed by atoms with Crippen molar-refractivity contribution in [3.8, 4) is 21.9 Å². The zero-order valence-corrected chi connectivity index (χ0v) is 84.4. The predicted molar refractivity (Wildman–Crippen MR) is 534 cm³/mol. The molecule has 14 rings (SSSR count). The molecule has 5 aliphatic rings. The number of likely N-dealkylation sites (tertiary alicyclic amines) is 1. The number of thiazole rings is 1. The number of aliphatic hydroxyl groups is 1.